The fourth-order valence-corrected chi connectivity index (χ4v) is 5.70. The van der Waals surface area contributed by atoms with Gasteiger partial charge in [-0.3, -0.25) is 4.79 Å². The van der Waals surface area contributed by atoms with Gasteiger partial charge in [0.15, 0.2) is 0 Å². The Kier molecular flexibility index (Phi) is 7.13. The molecule has 2 aromatic rings. The Morgan fingerprint density at radius 1 is 1.03 bits per heavy atom. The normalized spacial score (nSPS) is 18.5. The fourth-order valence-electron chi connectivity index (χ4n) is 4.14. The van der Waals surface area contributed by atoms with Crippen molar-refractivity contribution in [1.82, 2.24) is 14.5 Å². The van der Waals surface area contributed by atoms with E-state index in [1.807, 2.05) is 24.3 Å². The standard InChI is InChI=1S/C24H31N3O4S/c1-26-15-11-22(12-16-26)31-21-9-7-19(8-10-21)18-25-24(28)20-5-4-6-23(17-20)32(29,30)27-13-2-3-14-27/h4-10,17,22H,2-3,11-16,18H2,1H3,(H,25,28). The molecule has 8 heteroatoms. The Hall–Kier alpha value is -2.42. The Morgan fingerprint density at radius 3 is 2.41 bits per heavy atom. The van der Waals surface area contributed by atoms with E-state index in [4.69, 9.17) is 4.74 Å². The number of carbonyl (C=O) groups is 1. The van der Waals surface area contributed by atoms with Crippen molar-refractivity contribution in [3.8, 4) is 5.75 Å². The van der Waals surface area contributed by atoms with Crippen LogP contribution in [0.3, 0.4) is 0 Å². The molecule has 2 heterocycles. The number of rotatable bonds is 7. The number of ether oxygens (including phenoxy) is 1. The van der Waals surface area contributed by atoms with Crippen LogP contribution in [0, 0.1) is 0 Å². The molecule has 7 nitrogen and oxygen atoms in total. The molecule has 0 unspecified atom stereocenters. The van der Waals surface area contributed by atoms with Crippen LogP contribution in [0.2, 0.25) is 0 Å². The van der Waals surface area contributed by atoms with Gasteiger partial charge in [0.25, 0.3) is 5.91 Å². The van der Waals surface area contributed by atoms with Crippen molar-refractivity contribution in [2.45, 2.75) is 43.2 Å². The first kappa shape index (κ1) is 22.8. The van der Waals surface area contributed by atoms with E-state index in [1.165, 1.54) is 10.4 Å². The van der Waals surface area contributed by atoms with Crippen LogP contribution in [0.15, 0.2) is 53.4 Å². The van der Waals surface area contributed by atoms with Crippen LogP contribution < -0.4 is 10.1 Å². The SMILES string of the molecule is CN1CCC(Oc2ccc(CNC(=O)c3cccc(S(=O)(=O)N4CCCC4)c3)cc2)CC1. The quantitative estimate of drug-likeness (QED) is 0.692. The summed E-state index contributed by atoms with van der Waals surface area (Å²) < 4.78 is 33.1. The molecule has 172 valence electrons. The van der Waals surface area contributed by atoms with Crippen molar-refractivity contribution < 1.29 is 17.9 Å². The molecule has 4 rings (SSSR count). The summed E-state index contributed by atoms with van der Waals surface area (Å²) in [5.41, 5.74) is 1.29. The van der Waals surface area contributed by atoms with Crippen molar-refractivity contribution in [3.63, 3.8) is 0 Å². The number of amides is 1. The highest BCUT2D eigenvalue weighted by Gasteiger charge is 2.27. The molecule has 1 amide bonds. The minimum absolute atomic E-state index is 0.169. The molecule has 2 aliphatic heterocycles. The first-order chi connectivity index (χ1) is 15.4. The molecule has 0 bridgehead atoms. The third kappa shape index (κ3) is 5.49. The van der Waals surface area contributed by atoms with Crippen LogP contribution in [0.1, 0.15) is 41.6 Å². The summed E-state index contributed by atoms with van der Waals surface area (Å²) in [6.07, 6.45) is 4.06. The number of carbonyl (C=O) groups excluding carboxylic acids is 1. The van der Waals surface area contributed by atoms with Gasteiger partial charge in [0.1, 0.15) is 11.9 Å². The number of nitrogens with zero attached hydrogens (tertiary/aromatic N) is 2. The Morgan fingerprint density at radius 2 is 1.72 bits per heavy atom. The molecular weight excluding hydrogens is 426 g/mol. The molecule has 0 atom stereocenters. The maximum absolute atomic E-state index is 12.8. The molecule has 2 fully saturated rings. The van der Waals surface area contributed by atoms with E-state index in [0.29, 0.717) is 25.2 Å². The highest BCUT2D eigenvalue weighted by atomic mass is 32.2. The van der Waals surface area contributed by atoms with Gasteiger partial charge in [-0.25, -0.2) is 8.42 Å². The molecular formula is C24H31N3O4S. The van der Waals surface area contributed by atoms with Crippen LogP contribution in [0.5, 0.6) is 5.75 Å². The lowest BCUT2D eigenvalue weighted by Crippen LogP contribution is -2.35. The topological polar surface area (TPSA) is 79.0 Å². The number of sulfonamides is 1. The van der Waals surface area contributed by atoms with Gasteiger partial charge in [-0.2, -0.15) is 4.31 Å². The predicted molar refractivity (Wildman–Crippen MR) is 123 cm³/mol. The molecule has 2 saturated heterocycles. The van der Waals surface area contributed by atoms with Crippen molar-refractivity contribution in [2.75, 3.05) is 33.2 Å². The molecule has 0 radical (unpaired) electrons. The third-order valence-corrected chi connectivity index (χ3v) is 8.04. The summed E-state index contributed by atoms with van der Waals surface area (Å²) in [7, 11) is -1.42. The smallest absolute Gasteiger partial charge is 0.251 e. The first-order valence-corrected chi connectivity index (χ1v) is 12.7. The van der Waals surface area contributed by atoms with E-state index in [1.54, 1.807) is 18.2 Å². The molecule has 0 aliphatic carbocycles. The van der Waals surface area contributed by atoms with Gasteiger partial charge < -0.3 is 15.0 Å². The lowest BCUT2D eigenvalue weighted by atomic mass is 10.1. The summed E-state index contributed by atoms with van der Waals surface area (Å²) >= 11 is 0. The summed E-state index contributed by atoms with van der Waals surface area (Å²) in [6.45, 7) is 3.54. The molecule has 0 saturated carbocycles. The Labute approximate surface area is 190 Å². The van der Waals surface area contributed by atoms with Crippen LogP contribution in [-0.4, -0.2) is 62.9 Å². The number of nitrogens with one attached hydrogen (secondary N) is 1. The van der Waals surface area contributed by atoms with Crippen LogP contribution in [-0.2, 0) is 16.6 Å². The summed E-state index contributed by atoms with van der Waals surface area (Å²) in [6, 6.07) is 14.0. The average molecular weight is 458 g/mol. The van der Waals surface area contributed by atoms with Crippen LogP contribution in [0.25, 0.3) is 0 Å². The average Bonchev–Trinajstić information content (AvgIpc) is 3.36. The Bertz CT molecular complexity index is 1030. The summed E-state index contributed by atoms with van der Waals surface area (Å²) in [4.78, 5) is 15.1. The van der Waals surface area contributed by atoms with Gasteiger partial charge in [-0.1, -0.05) is 18.2 Å². The van der Waals surface area contributed by atoms with E-state index in [2.05, 4.69) is 17.3 Å². The van der Waals surface area contributed by atoms with Crippen LogP contribution in [0.4, 0.5) is 0 Å². The van der Waals surface area contributed by atoms with Gasteiger partial charge in [-0.05, 0) is 68.6 Å². The van der Waals surface area contributed by atoms with E-state index in [0.717, 1.165) is 50.1 Å². The fraction of sp³-hybridized carbons (Fsp3) is 0.458. The molecule has 2 aliphatic rings. The maximum Gasteiger partial charge on any atom is 0.251 e. The number of benzene rings is 2. The second kappa shape index (κ2) is 10.0. The van der Waals surface area contributed by atoms with Crippen molar-refractivity contribution in [1.29, 1.82) is 0 Å². The van der Waals surface area contributed by atoms with Gasteiger partial charge in [0.05, 0.1) is 4.90 Å². The molecule has 0 aromatic heterocycles. The third-order valence-electron chi connectivity index (χ3n) is 6.14. The lowest BCUT2D eigenvalue weighted by Gasteiger charge is -2.29. The van der Waals surface area contributed by atoms with E-state index in [9.17, 15) is 13.2 Å². The van der Waals surface area contributed by atoms with Gasteiger partial charge in [-0.15, -0.1) is 0 Å². The van der Waals surface area contributed by atoms with Crippen LogP contribution >= 0.6 is 0 Å². The highest BCUT2D eigenvalue weighted by molar-refractivity contribution is 7.89. The van der Waals surface area contributed by atoms with E-state index < -0.39 is 10.0 Å². The number of likely N-dealkylation sites (tertiary alicyclic amines) is 1. The molecule has 0 spiro atoms. The summed E-state index contributed by atoms with van der Waals surface area (Å²) in [5.74, 6) is 0.546. The zero-order valence-electron chi connectivity index (χ0n) is 18.5. The van der Waals surface area contributed by atoms with Gasteiger partial charge in [0, 0.05) is 38.3 Å². The summed E-state index contributed by atoms with van der Waals surface area (Å²) in [5, 5.41) is 2.88. The zero-order valence-corrected chi connectivity index (χ0v) is 19.3. The van der Waals surface area contributed by atoms with E-state index in [-0.39, 0.29) is 16.9 Å². The molecule has 2 aromatic carbocycles. The number of hydrogen-bond donors (Lipinski definition) is 1. The second-order valence-electron chi connectivity index (χ2n) is 8.59. The van der Waals surface area contributed by atoms with Gasteiger partial charge >= 0.3 is 0 Å². The van der Waals surface area contributed by atoms with Gasteiger partial charge in [0.2, 0.25) is 10.0 Å². The number of piperidine rings is 1. The monoisotopic (exact) mass is 457 g/mol. The highest BCUT2D eigenvalue weighted by Crippen LogP contribution is 2.22. The largest absolute Gasteiger partial charge is 0.490 e. The Balaban J connectivity index is 1.33. The van der Waals surface area contributed by atoms with E-state index >= 15 is 0 Å². The van der Waals surface area contributed by atoms with Crippen molar-refractivity contribution >= 4 is 15.9 Å². The zero-order chi connectivity index (χ0) is 22.6. The maximum atomic E-state index is 12.8. The molecule has 32 heavy (non-hydrogen) atoms. The first-order valence-electron chi connectivity index (χ1n) is 11.2. The lowest BCUT2D eigenvalue weighted by molar-refractivity contribution is 0.0950. The van der Waals surface area contributed by atoms with Crippen molar-refractivity contribution in [3.05, 3.63) is 59.7 Å². The van der Waals surface area contributed by atoms with Crippen molar-refractivity contribution in [2.24, 2.45) is 0 Å². The number of hydrogen-bond acceptors (Lipinski definition) is 5. The molecule has 1 N–H and O–H groups in total. The minimum Gasteiger partial charge on any atom is -0.490 e. The second-order valence-corrected chi connectivity index (χ2v) is 10.5. The predicted octanol–water partition coefficient (Wildman–Crippen LogP) is 2.87. The minimum atomic E-state index is -3.55.